The predicted molar refractivity (Wildman–Crippen MR) is 116 cm³/mol. The van der Waals surface area contributed by atoms with E-state index in [9.17, 15) is 31.1 Å². The molecule has 1 saturated heterocycles. The SMILES string of the molecule is CNC(=O)C1CCC(c2ccccc2)NC1.COC(C)c1cc(C(F)(F)F)cc(C(F)(F)F)c1. The first kappa shape index (κ1) is 27.7. The molecule has 1 aliphatic heterocycles. The number of hydrogen-bond donors (Lipinski definition) is 2. The molecule has 0 aromatic heterocycles. The van der Waals surface area contributed by atoms with Gasteiger partial charge in [0, 0.05) is 26.7 Å². The lowest BCUT2D eigenvalue weighted by atomic mass is 9.90. The van der Waals surface area contributed by atoms with Gasteiger partial charge in [0.05, 0.1) is 23.1 Å². The fraction of sp³-hybridized carbons (Fsp3) is 0.458. The van der Waals surface area contributed by atoms with E-state index in [4.69, 9.17) is 4.74 Å². The molecule has 0 spiro atoms. The molecule has 2 aromatic rings. The summed E-state index contributed by atoms with van der Waals surface area (Å²) in [4.78, 5) is 11.5. The molecule has 10 heteroatoms. The highest BCUT2D eigenvalue weighted by molar-refractivity contribution is 5.78. The number of nitrogens with one attached hydrogen (secondary N) is 2. The number of benzene rings is 2. The average molecular weight is 490 g/mol. The van der Waals surface area contributed by atoms with Crippen LogP contribution in [0.25, 0.3) is 0 Å². The van der Waals surface area contributed by atoms with Gasteiger partial charge in [-0.25, -0.2) is 0 Å². The van der Waals surface area contributed by atoms with Gasteiger partial charge in [0.1, 0.15) is 0 Å². The molecule has 3 rings (SSSR count). The largest absolute Gasteiger partial charge is 0.416 e. The van der Waals surface area contributed by atoms with E-state index in [-0.39, 0.29) is 23.5 Å². The van der Waals surface area contributed by atoms with Crippen molar-refractivity contribution in [1.82, 2.24) is 10.6 Å². The van der Waals surface area contributed by atoms with Crippen LogP contribution in [0.1, 0.15) is 54.2 Å². The van der Waals surface area contributed by atoms with Crippen molar-refractivity contribution in [3.63, 3.8) is 0 Å². The molecule has 0 aliphatic carbocycles. The van der Waals surface area contributed by atoms with Crippen molar-refractivity contribution in [3.05, 3.63) is 70.8 Å². The van der Waals surface area contributed by atoms with Crippen molar-refractivity contribution in [2.75, 3.05) is 20.7 Å². The van der Waals surface area contributed by atoms with E-state index in [2.05, 4.69) is 34.9 Å². The lowest BCUT2D eigenvalue weighted by molar-refractivity contribution is -0.143. The molecule has 3 atom stereocenters. The van der Waals surface area contributed by atoms with E-state index in [1.54, 1.807) is 7.05 Å². The Morgan fingerprint density at radius 1 is 1.00 bits per heavy atom. The van der Waals surface area contributed by atoms with Crippen LogP contribution in [0.2, 0.25) is 0 Å². The third kappa shape index (κ3) is 7.73. The topological polar surface area (TPSA) is 50.4 Å². The highest BCUT2D eigenvalue weighted by Crippen LogP contribution is 2.37. The second kappa shape index (κ2) is 11.7. The van der Waals surface area contributed by atoms with E-state index in [0.717, 1.165) is 19.4 Å². The fourth-order valence-electron chi connectivity index (χ4n) is 3.60. The van der Waals surface area contributed by atoms with Crippen LogP contribution in [0, 0.1) is 5.92 Å². The van der Waals surface area contributed by atoms with E-state index in [1.807, 2.05) is 6.07 Å². The first-order chi connectivity index (χ1) is 15.9. The Balaban J connectivity index is 0.000000241. The summed E-state index contributed by atoms with van der Waals surface area (Å²) in [6.45, 7) is 2.15. The van der Waals surface area contributed by atoms with Crippen LogP contribution < -0.4 is 10.6 Å². The summed E-state index contributed by atoms with van der Waals surface area (Å²) >= 11 is 0. The summed E-state index contributed by atoms with van der Waals surface area (Å²) in [5.41, 5.74) is -1.52. The molecule has 34 heavy (non-hydrogen) atoms. The lowest BCUT2D eigenvalue weighted by Crippen LogP contribution is -2.40. The summed E-state index contributed by atoms with van der Waals surface area (Å²) in [5, 5.41) is 6.15. The molecule has 0 saturated carbocycles. The lowest BCUT2D eigenvalue weighted by Gasteiger charge is -2.29. The second-order valence-electron chi connectivity index (χ2n) is 7.98. The highest BCUT2D eigenvalue weighted by Gasteiger charge is 2.37. The van der Waals surface area contributed by atoms with Crippen LogP contribution >= 0.6 is 0 Å². The van der Waals surface area contributed by atoms with Crippen molar-refractivity contribution in [3.8, 4) is 0 Å². The summed E-state index contributed by atoms with van der Waals surface area (Å²) in [6.07, 6.45) is -8.52. The van der Waals surface area contributed by atoms with Crippen LogP contribution in [0.3, 0.4) is 0 Å². The molecule has 2 aromatic carbocycles. The maximum absolute atomic E-state index is 12.5. The molecule has 4 nitrogen and oxygen atoms in total. The Morgan fingerprint density at radius 2 is 1.56 bits per heavy atom. The molecule has 1 heterocycles. The number of hydrogen-bond acceptors (Lipinski definition) is 3. The molecular formula is C24H28F6N2O2. The number of ether oxygens (including phenoxy) is 1. The van der Waals surface area contributed by atoms with E-state index in [0.29, 0.717) is 18.2 Å². The molecule has 3 unspecified atom stereocenters. The van der Waals surface area contributed by atoms with Crippen LogP contribution in [0.15, 0.2) is 48.5 Å². The zero-order valence-electron chi connectivity index (χ0n) is 19.1. The Kier molecular flexibility index (Phi) is 9.52. The summed E-state index contributed by atoms with van der Waals surface area (Å²) in [5.74, 6) is 0.281. The van der Waals surface area contributed by atoms with Crippen molar-refractivity contribution in [2.45, 2.75) is 44.3 Å². The number of carbonyl (C=O) groups excluding carboxylic acids is 1. The maximum Gasteiger partial charge on any atom is 0.416 e. The zero-order chi connectivity index (χ0) is 25.5. The first-order valence-electron chi connectivity index (χ1n) is 10.7. The fourth-order valence-corrected chi connectivity index (χ4v) is 3.60. The number of piperidine rings is 1. The van der Waals surface area contributed by atoms with Gasteiger partial charge in [0.25, 0.3) is 0 Å². The van der Waals surface area contributed by atoms with E-state index < -0.39 is 29.6 Å². The van der Waals surface area contributed by atoms with Gasteiger partial charge in [-0.1, -0.05) is 30.3 Å². The Hall–Kier alpha value is -2.59. The highest BCUT2D eigenvalue weighted by atomic mass is 19.4. The molecule has 1 fully saturated rings. The quantitative estimate of drug-likeness (QED) is 0.525. The molecule has 2 N–H and O–H groups in total. The van der Waals surface area contributed by atoms with Crippen molar-refractivity contribution >= 4 is 5.91 Å². The molecule has 1 amide bonds. The molecular weight excluding hydrogens is 462 g/mol. The van der Waals surface area contributed by atoms with Crippen LogP contribution in [0.5, 0.6) is 0 Å². The van der Waals surface area contributed by atoms with Crippen molar-refractivity contribution in [1.29, 1.82) is 0 Å². The molecule has 1 aliphatic rings. The monoisotopic (exact) mass is 490 g/mol. The number of alkyl halides is 6. The number of halogens is 6. The van der Waals surface area contributed by atoms with Crippen LogP contribution in [-0.2, 0) is 21.9 Å². The summed E-state index contributed by atoms with van der Waals surface area (Å²) in [7, 11) is 2.91. The summed E-state index contributed by atoms with van der Waals surface area (Å²) in [6, 6.07) is 12.2. The zero-order valence-corrected chi connectivity index (χ0v) is 19.1. The second-order valence-corrected chi connectivity index (χ2v) is 7.98. The third-order valence-electron chi connectivity index (χ3n) is 5.67. The van der Waals surface area contributed by atoms with Gasteiger partial charge in [0.15, 0.2) is 0 Å². The number of rotatable bonds is 4. The van der Waals surface area contributed by atoms with Gasteiger partial charge in [-0.3, -0.25) is 4.79 Å². The van der Waals surface area contributed by atoms with Crippen LogP contribution in [-0.4, -0.2) is 26.6 Å². The van der Waals surface area contributed by atoms with Gasteiger partial charge in [-0.05, 0) is 49.1 Å². The number of methoxy groups -OCH3 is 1. The summed E-state index contributed by atoms with van der Waals surface area (Å²) < 4.78 is 79.7. The van der Waals surface area contributed by atoms with Gasteiger partial charge in [0.2, 0.25) is 5.91 Å². The third-order valence-corrected chi connectivity index (χ3v) is 5.67. The normalized spacial score (nSPS) is 19.6. The minimum Gasteiger partial charge on any atom is -0.377 e. The minimum atomic E-state index is -4.83. The first-order valence-corrected chi connectivity index (χ1v) is 10.7. The molecule has 0 radical (unpaired) electrons. The average Bonchev–Trinajstić information content (AvgIpc) is 2.82. The Labute approximate surface area is 194 Å². The van der Waals surface area contributed by atoms with Crippen molar-refractivity contribution in [2.24, 2.45) is 5.92 Å². The minimum absolute atomic E-state index is 0.0892. The standard InChI is InChI=1S/C13H18N2O.C11H10F6O/c1-14-13(16)11-7-8-12(15-9-11)10-5-3-2-4-6-10;1-6(18-2)7-3-8(10(12,13)14)5-9(4-7)11(15,16)17/h2-6,11-12,15H,7-9H2,1H3,(H,14,16);3-6H,1-2H3. The predicted octanol–water partition coefficient (Wildman–Crippen LogP) is 5.90. The maximum atomic E-state index is 12.5. The van der Waals surface area contributed by atoms with Gasteiger partial charge in [-0.15, -0.1) is 0 Å². The number of amides is 1. The van der Waals surface area contributed by atoms with Crippen molar-refractivity contribution < 1.29 is 35.9 Å². The molecule has 188 valence electrons. The van der Waals surface area contributed by atoms with Gasteiger partial charge in [-0.2, -0.15) is 26.3 Å². The smallest absolute Gasteiger partial charge is 0.377 e. The molecule has 0 bridgehead atoms. The van der Waals surface area contributed by atoms with Gasteiger partial charge < -0.3 is 15.4 Å². The number of carbonyl (C=O) groups is 1. The van der Waals surface area contributed by atoms with E-state index >= 15 is 0 Å². The van der Waals surface area contributed by atoms with Crippen LogP contribution in [0.4, 0.5) is 26.3 Å². The van der Waals surface area contributed by atoms with Gasteiger partial charge >= 0.3 is 12.4 Å². The Morgan fingerprint density at radius 3 is 1.97 bits per heavy atom. The Bertz CT molecular complexity index is 891. The van der Waals surface area contributed by atoms with E-state index in [1.165, 1.54) is 19.6 Å².